The molecule has 2 aromatic rings. The molecular weight excluding hydrogens is 359 g/mol. The third-order valence-corrected chi connectivity index (χ3v) is 5.73. The number of halogens is 1. The molecule has 0 unspecified atom stereocenters. The second-order valence-electron chi connectivity index (χ2n) is 7.65. The molecule has 0 radical (unpaired) electrons. The van der Waals surface area contributed by atoms with E-state index in [2.05, 4.69) is 15.6 Å². The number of pyridine rings is 1. The van der Waals surface area contributed by atoms with Gasteiger partial charge in [0, 0.05) is 49.9 Å². The quantitative estimate of drug-likeness (QED) is 0.834. The van der Waals surface area contributed by atoms with E-state index in [9.17, 15) is 14.0 Å². The lowest BCUT2D eigenvalue weighted by Crippen LogP contribution is -2.38. The Hall–Kier alpha value is -2.96. The van der Waals surface area contributed by atoms with Crippen LogP contribution in [0.2, 0.25) is 0 Å². The number of aromatic nitrogens is 1. The fraction of sp³-hybridized carbons (Fsp3) is 0.381. The summed E-state index contributed by atoms with van der Waals surface area (Å²) in [5, 5.41) is 5.83. The van der Waals surface area contributed by atoms with Crippen molar-refractivity contribution < 1.29 is 14.0 Å². The zero-order valence-electron chi connectivity index (χ0n) is 15.5. The first-order valence-corrected chi connectivity index (χ1v) is 9.50. The highest BCUT2D eigenvalue weighted by Gasteiger charge is 2.61. The van der Waals surface area contributed by atoms with Gasteiger partial charge in [-0.25, -0.2) is 9.18 Å². The van der Waals surface area contributed by atoms with E-state index >= 15 is 0 Å². The van der Waals surface area contributed by atoms with E-state index in [1.807, 2.05) is 12.1 Å². The molecule has 1 aromatic heterocycles. The van der Waals surface area contributed by atoms with Crippen molar-refractivity contribution in [1.29, 1.82) is 0 Å². The monoisotopic (exact) mass is 382 g/mol. The van der Waals surface area contributed by atoms with Gasteiger partial charge < -0.3 is 15.5 Å². The molecule has 1 spiro atoms. The number of rotatable bonds is 5. The molecule has 1 aliphatic heterocycles. The van der Waals surface area contributed by atoms with Crippen LogP contribution in [-0.2, 0) is 17.9 Å². The molecule has 6 nitrogen and oxygen atoms in total. The summed E-state index contributed by atoms with van der Waals surface area (Å²) in [5.74, 6) is -0.292. The molecule has 2 fully saturated rings. The van der Waals surface area contributed by atoms with Crippen molar-refractivity contribution in [2.24, 2.45) is 11.3 Å². The highest BCUT2D eigenvalue weighted by molar-refractivity contribution is 5.83. The SMILES string of the molecule is O=C(NCc1ccncc1)[C@@H]1C[C@@]12CCN(C(=O)NCc1cccc(F)c1)C2. The number of carbonyl (C=O) groups excluding carboxylic acids is 2. The van der Waals surface area contributed by atoms with Gasteiger partial charge in [0.25, 0.3) is 0 Å². The van der Waals surface area contributed by atoms with Crippen molar-refractivity contribution in [3.8, 4) is 0 Å². The van der Waals surface area contributed by atoms with Gasteiger partial charge >= 0.3 is 6.03 Å². The van der Waals surface area contributed by atoms with Gasteiger partial charge in [-0.05, 0) is 48.2 Å². The van der Waals surface area contributed by atoms with Crippen molar-refractivity contribution in [3.05, 3.63) is 65.7 Å². The van der Waals surface area contributed by atoms with E-state index in [0.29, 0.717) is 19.6 Å². The molecule has 1 saturated heterocycles. The molecular formula is C21H23FN4O2. The number of urea groups is 1. The number of nitrogens with one attached hydrogen (secondary N) is 2. The Labute approximate surface area is 163 Å². The van der Waals surface area contributed by atoms with Crippen LogP contribution < -0.4 is 10.6 Å². The molecule has 4 rings (SSSR count). The van der Waals surface area contributed by atoms with E-state index < -0.39 is 0 Å². The number of hydrogen-bond acceptors (Lipinski definition) is 3. The highest BCUT2D eigenvalue weighted by Crippen LogP contribution is 2.58. The van der Waals surface area contributed by atoms with E-state index in [4.69, 9.17) is 0 Å². The maximum Gasteiger partial charge on any atom is 0.317 e. The smallest absolute Gasteiger partial charge is 0.317 e. The summed E-state index contributed by atoms with van der Waals surface area (Å²) >= 11 is 0. The van der Waals surface area contributed by atoms with Gasteiger partial charge in [-0.2, -0.15) is 0 Å². The van der Waals surface area contributed by atoms with Gasteiger partial charge in [-0.1, -0.05) is 12.1 Å². The minimum Gasteiger partial charge on any atom is -0.352 e. The number of nitrogens with zero attached hydrogens (tertiary/aromatic N) is 2. The number of benzene rings is 1. The lowest BCUT2D eigenvalue weighted by atomic mass is 10.0. The van der Waals surface area contributed by atoms with Crippen LogP contribution in [0, 0.1) is 17.2 Å². The van der Waals surface area contributed by atoms with Crippen LogP contribution in [0.5, 0.6) is 0 Å². The average Bonchev–Trinajstić information content (AvgIpc) is 3.24. The van der Waals surface area contributed by atoms with Gasteiger partial charge in [-0.3, -0.25) is 9.78 Å². The Kier molecular flexibility index (Phi) is 4.98. The molecule has 2 atom stereocenters. The Morgan fingerprint density at radius 2 is 1.93 bits per heavy atom. The Morgan fingerprint density at radius 1 is 1.14 bits per heavy atom. The predicted octanol–water partition coefficient (Wildman–Crippen LogP) is 2.46. The third-order valence-electron chi connectivity index (χ3n) is 5.73. The van der Waals surface area contributed by atoms with Crippen LogP contribution in [0.3, 0.4) is 0 Å². The van der Waals surface area contributed by atoms with Crippen LogP contribution in [0.1, 0.15) is 24.0 Å². The molecule has 1 aromatic carbocycles. The van der Waals surface area contributed by atoms with E-state index in [1.165, 1.54) is 12.1 Å². The Morgan fingerprint density at radius 3 is 2.71 bits per heavy atom. The van der Waals surface area contributed by atoms with E-state index in [-0.39, 0.29) is 35.6 Å². The Balaban J connectivity index is 1.25. The van der Waals surface area contributed by atoms with Crippen molar-refractivity contribution in [3.63, 3.8) is 0 Å². The highest BCUT2D eigenvalue weighted by atomic mass is 19.1. The minimum atomic E-state index is -0.314. The maximum atomic E-state index is 13.2. The summed E-state index contributed by atoms with van der Waals surface area (Å²) in [5.41, 5.74) is 1.66. The molecule has 7 heteroatoms. The van der Waals surface area contributed by atoms with Gasteiger partial charge in [0.1, 0.15) is 5.82 Å². The predicted molar refractivity (Wildman–Crippen MR) is 101 cm³/mol. The summed E-state index contributed by atoms with van der Waals surface area (Å²) in [6.07, 6.45) is 5.07. The van der Waals surface area contributed by atoms with Crippen molar-refractivity contribution in [1.82, 2.24) is 20.5 Å². The molecule has 1 aliphatic carbocycles. The average molecular weight is 382 g/mol. The third kappa shape index (κ3) is 3.98. The zero-order chi connectivity index (χ0) is 19.6. The van der Waals surface area contributed by atoms with Crippen LogP contribution in [-0.4, -0.2) is 34.9 Å². The fourth-order valence-corrected chi connectivity index (χ4v) is 3.99. The first-order valence-electron chi connectivity index (χ1n) is 9.50. The topological polar surface area (TPSA) is 74.3 Å². The first-order chi connectivity index (χ1) is 13.6. The van der Waals surface area contributed by atoms with Crippen LogP contribution >= 0.6 is 0 Å². The molecule has 146 valence electrons. The van der Waals surface area contributed by atoms with Crippen LogP contribution in [0.4, 0.5) is 9.18 Å². The second-order valence-corrected chi connectivity index (χ2v) is 7.65. The summed E-state index contributed by atoms with van der Waals surface area (Å²) in [7, 11) is 0. The lowest BCUT2D eigenvalue weighted by Gasteiger charge is -2.17. The molecule has 2 N–H and O–H groups in total. The molecule has 3 amide bonds. The summed E-state index contributed by atoms with van der Waals surface area (Å²) in [6, 6.07) is 9.79. The van der Waals surface area contributed by atoms with Gasteiger partial charge in [-0.15, -0.1) is 0 Å². The lowest BCUT2D eigenvalue weighted by molar-refractivity contribution is -0.123. The number of hydrogen-bond donors (Lipinski definition) is 2. The van der Waals surface area contributed by atoms with Crippen molar-refractivity contribution in [2.45, 2.75) is 25.9 Å². The van der Waals surface area contributed by atoms with Crippen LogP contribution in [0.25, 0.3) is 0 Å². The summed E-state index contributed by atoms with van der Waals surface area (Å²) in [6.45, 7) is 2.01. The van der Waals surface area contributed by atoms with Crippen molar-refractivity contribution in [2.75, 3.05) is 13.1 Å². The van der Waals surface area contributed by atoms with Gasteiger partial charge in [0.2, 0.25) is 5.91 Å². The summed E-state index contributed by atoms with van der Waals surface area (Å²) < 4.78 is 13.2. The van der Waals surface area contributed by atoms with E-state index in [1.54, 1.807) is 29.4 Å². The van der Waals surface area contributed by atoms with Crippen LogP contribution in [0.15, 0.2) is 48.8 Å². The largest absolute Gasteiger partial charge is 0.352 e. The second kappa shape index (κ2) is 7.58. The number of likely N-dealkylation sites (tertiary alicyclic amines) is 1. The minimum absolute atomic E-state index is 0.0321. The normalized spacial score (nSPS) is 22.9. The first kappa shape index (κ1) is 18.4. The number of carbonyl (C=O) groups is 2. The van der Waals surface area contributed by atoms with E-state index in [0.717, 1.165) is 24.0 Å². The van der Waals surface area contributed by atoms with Gasteiger partial charge in [0.15, 0.2) is 0 Å². The molecule has 28 heavy (non-hydrogen) atoms. The van der Waals surface area contributed by atoms with Crippen molar-refractivity contribution >= 4 is 11.9 Å². The Bertz CT molecular complexity index is 876. The maximum absolute atomic E-state index is 13.2. The molecule has 1 saturated carbocycles. The zero-order valence-corrected chi connectivity index (χ0v) is 15.5. The van der Waals surface area contributed by atoms with Gasteiger partial charge in [0.05, 0.1) is 0 Å². The molecule has 2 aliphatic rings. The molecule has 0 bridgehead atoms. The molecule has 2 heterocycles. The summed E-state index contributed by atoms with van der Waals surface area (Å²) in [4.78, 5) is 30.6. The number of amides is 3. The standard InChI is InChI=1S/C21H23FN4O2/c22-17-3-1-2-16(10-17)13-25-20(28)26-9-6-21(14-26)11-18(21)19(27)24-12-15-4-7-23-8-5-15/h1-5,7-8,10,18H,6,9,11-14H2,(H,24,27)(H,25,28)/t18-,21+/m0/s1. The fourth-order valence-electron chi connectivity index (χ4n) is 3.99.